The zero-order chi connectivity index (χ0) is 17.4. The molecule has 0 saturated carbocycles. The summed E-state index contributed by atoms with van der Waals surface area (Å²) >= 11 is 1.85. The number of nitrogens with zero attached hydrogens (tertiary/aromatic N) is 2. The Morgan fingerprint density at radius 1 is 1.16 bits per heavy atom. The van der Waals surface area contributed by atoms with Crippen LogP contribution in [-0.4, -0.2) is 22.7 Å². The Bertz CT molecular complexity index is 954. The molecule has 1 amide bonds. The summed E-state index contributed by atoms with van der Waals surface area (Å²) in [5.41, 5.74) is 3.49. The fraction of sp³-hybridized carbons (Fsp3) is 0.238. The Hall–Kier alpha value is -2.33. The molecular formula is C21H20N2OS. The molecule has 0 saturated heterocycles. The smallest absolute Gasteiger partial charge is 0.259 e. The quantitative estimate of drug-likeness (QED) is 0.615. The van der Waals surface area contributed by atoms with E-state index >= 15 is 0 Å². The molecule has 0 radical (unpaired) electrons. The summed E-state index contributed by atoms with van der Waals surface area (Å²) in [5.74, 6) is 0.0591. The van der Waals surface area contributed by atoms with E-state index < -0.39 is 0 Å². The van der Waals surface area contributed by atoms with Crippen LogP contribution in [0.5, 0.6) is 0 Å². The molecule has 1 aliphatic rings. The maximum absolute atomic E-state index is 13.5. The summed E-state index contributed by atoms with van der Waals surface area (Å²) in [5, 5.41) is 1.41. The van der Waals surface area contributed by atoms with Crippen molar-refractivity contribution >= 4 is 34.3 Å². The van der Waals surface area contributed by atoms with E-state index in [0.29, 0.717) is 5.25 Å². The van der Waals surface area contributed by atoms with Gasteiger partial charge in [0.1, 0.15) is 0 Å². The second-order valence-corrected chi connectivity index (χ2v) is 7.95. The van der Waals surface area contributed by atoms with Gasteiger partial charge in [-0.2, -0.15) is 0 Å². The average Bonchev–Trinajstić information content (AvgIpc) is 2.78. The van der Waals surface area contributed by atoms with Crippen molar-refractivity contribution in [3.63, 3.8) is 0 Å². The number of para-hydroxylation sites is 2. The summed E-state index contributed by atoms with van der Waals surface area (Å²) in [6.45, 7) is 4.90. The number of carbonyl (C=O) groups excluding carboxylic acids is 1. The van der Waals surface area contributed by atoms with Crippen molar-refractivity contribution in [2.45, 2.75) is 30.4 Å². The van der Waals surface area contributed by atoms with Crippen molar-refractivity contribution in [3.05, 3.63) is 65.9 Å². The number of hydrogen-bond acceptors (Lipinski definition) is 3. The van der Waals surface area contributed by atoms with E-state index in [4.69, 9.17) is 0 Å². The number of fused-ring (bicyclic) bond motifs is 2. The third kappa shape index (κ3) is 3.02. The number of carbonyl (C=O) groups is 1. The minimum atomic E-state index is 0.0591. The first-order valence-electron chi connectivity index (χ1n) is 8.57. The number of amides is 1. The summed E-state index contributed by atoms with van der Waals surface area (Å²) in [6, 6.07) is 18.0. The highest BCUT2D eigenvalue weighted by molar-refractivity contribution is 8.00. The SMILES string of the molecule is Cc1cc(C(=O)N2CCC(C)Sc3ccccc32)c2ccccc2n1. The van der Waals surface area contributed by atoms with E-state index in [0.717, 1.165) is 40.8 Å². The van der Waals surface area contributed by atoms with Crippen molar-refractivity contribution < 1.29 is 4.79 Å². The lowest BCUT2D eigenvalue weighted by atomic mass is 10.1. The molecule has 3 nitrogen and oxygen atoms in total. The topological polar surface area (TPSA) is 33.2 Å². The molecule has 2 heterocycles. The molecule has 0 fully saturated rings. The van der Waals surface area contributed by atoms with Crippen LogP contribution >= 0.6 is 11.8 Å². The van der Waals surface area contributed by atoms with Crippen molar-refractivity contribution in [1.29, 1.82) is 0 Å². The second kappa shape index (κ2) is 6.52. The van der Waals surface area contributed by atoms with Crippen LogP contribution in [0, 0.1) is 6.92 Å². The molecule has 2 aromatic carbocycles. The number of rotatable bonds is 1. The van der Waals surface area contributed by atoms with Gasteiger partial charge in [-0.05, 0) is 37.6 Å². The molecule has 1 aromatic heterocycles. The minimum Gasteiger partial charge on any atom is -0.307 e. The summed E-state index contributed by atoms with van der Waals surface area (Å²) < 4.78 is 0. The number of anilines is 1. The standard InChI is InChI=1S/C21H20N2OS/c1-14-13-17(16-7-3-4-8-18(16)22-14)21(24)23-12-11-15(2)25-20-10-6-5-9-19(20)23/h3-10,13,15H,11-12H2,1-2H3. The zero-order valence-electron chi connectivity index (χ0n) is 14.4. The van der Waals surface area contributed by atoms with Gasteiger partial charge in [0.2, 0.25) is 0 Å². The maximum atomic E-state index is 13.5. The molecule has 0 bridgehead atoms. The van der Waals surface area contributed by atoms with Gasteiger partial charge in [-0.25, -0.2) is 0 Å². The summed E-state index contributed by atoms with van der Waals surface area (Å²) in [4.78, 5) is 21.2. The van der Waals surface area contributed by atoms with Crippen LogP contribution in [-0.2, 0) is 0 Å². The van der Waals surface area contributed by atoms with E-state index in [-0.39, 0.29) is 5.91 Å². The van der Waals surface area contributed by atoms with Crippen LogP contribution in [0.15, 0.2) is 59.5 Å². The number of pyridine rings is 1. The van der Waals surface area contributed by atoms with Gasteiger partial charge in [0.05, 0.1) is 16.8 Å². The summed E-state index contributed by atoms with van der Waals surface area (Å²) in [6.07, 6.45) is 0.979. The van der Waals surface area contributed by atoms with Crippen LogP contribution in [0.2, 0.25) is 0 Å². The van der Waals surface area contributed by atoms with E-state index in [2.05, 4.69) is 24.0 Å². The predicted molar refractivity (Wildman–Crippen MR) is 105 cm³/mol. The van der Waals surface area contributed by atoms with Gasteiger partial charge in [0.25, 0.3) is 5.91 Å². The molecule has 0 N–H and O–H groups in total. The van der Waals surface area contributed by atoms with Gasteiger partial charge in [-0.1, -0.05) is 37.3 Å². The lowest BCUT2D eigenvalue weighted by molar-refractivity contribution is 0.0988. The van der Waals surface area contributed by atoms with Crippen molar-refractivity contribution in [2.24, 2.45) is 0 Å². The molecule has 126 valence electrons. The third-order valence-corrected chi connectivity index (χ3v) is 5.80. The fourth-order valence-electron chi connectivity index (χ4n) is 3.33. The Morgan fingerprint density at radius 2 is 1.92 bits per heavy atom. The van der Waals surface area contributed by atoms with Crippen LogP contribution in [0.1, 0.15) is 29.4 Å². The number of benzene rings is 2. The Kier molecular flexibility index (Phi) is 4.22. The van der Waals surface area contributed by atoms with E-state index in [1.807, 2.05) is 66.1 Å². The lowest BCUT2D eigenvalue weighted by Gasteiger charge is -2.23. The molecule has 0 spiro atoms. The molecular weight excluding hydrogens is 328 g/mol. The molecule has 1 aliphatic heterocycles. The van der Waals surface area contributed by atoms with Gasteiger partial charge < -0.3 is 4.90 Å². The largest absolute Gasteiger partial charge is 0.307 e. The predicted octanol–water partition coefficient (Wildman–Crippen LogP) is 5.07. The molecule has 4 heteroatoms. The number of thioether (sulfide) groups is 1. The molecule has 3 aromatic rings. The molecule has 25 heavy (non-hydrogen) atoms. The van der Waals surface area contributed by atoms with Crippen LogP contribution in [0.4, 0.5) is 5.69 Å². The Labute approximate surface area is 152 Å². The van der Waals surface area contributed by atoms with Gasteiger partial charge in [-0.15, -0.1) is 11.8 Å². The molecule has 1 atom stereocenters. The first-order chi connectivity index (χ1) is 12.1. The van der Waals surface area contributed by atoms with Crippen LogP contribution < -0.4 is 4.90 Å². The highest BCUT2D eigenvalue weighted by Gasteiger charge is 2.26. The van der Waals surface area contributed by atoms with Gasteiger partial charge in [0, 0.05) is 27.8 Å². The monoisotopic (exact) mass is 348 g/mol. The molecule has 0 aliphatic carbocycles. The van der Waals surface area contributed by atoms with Gasteiger partial charge >= 0.3 is 0 Å². The van der Waals surface area contributed by atoms with Crippen molar-refractivity contribution in [3.8, 4) is 0 Å². The first kappa shape index (κ1) is 16.2. The average molecular weight is 348 g/mol. The first-order valence-corrected chi connectivity index (χ1v) is 9.45. The Morgan fingerprint density at radius 3 is 2.80 bits per heavy atom. The van der Waals surface area contributed by atoms with Crippen molar-refractivity contribution in [2.75, 3.05) is 11.4 Å². The van der Waals surface area contributed by atoms with Crippen LogP contribution in [0.25, 0.3) is 10.9 Å². The maximum Gasteiger partial charge on any atom is 0.259 e. The van der Waals surface area contributed by atoms with E-state index in [9.17, 15) is 4.79 Å². The molecule has 4 rings (SSSR count). The van der Waals surface area contributed by atoms with Crippen LogP contribution in [0.3, 0.4) is 0 Å². The fourth-order valence-corrected chi connectivity index (χ4v) is 4.44. The third-order valence-electron chi connectivity index (χ3n) is 4.56. The normalized spacial score (nSPS) is 17.2. The van der Waals surface area contributed by atoms with Gasteiger partial charge in [0.15, 0.2) is 0 Å². The zero-order valence-corrected chi connectivity index (χ0v) is 15.2. The van der Waals surface area contributed by atoms with E-state index in [1.165, 1.54) is 4.90 Å². The number of hydrogen-bond donors (Lipinski definition) is 0. The molecule has 1 unspecified atom stereocenters. The number of aryl methyl sites for hydroxylation is 1. The minimum absolute atomic E-state index is 0.0591. The lowest BCUT2D eigenvalue weighted by Crippen LogP contribution is -2.32. The highest BCUT2D eigenvalue weighted by Crippen LogP contribution is 2.38. The van der Waals surface area contributed by atoms with Crippen molar-refractivity contribution in [1.82, 2.24) is 4.98 Å². The second-order valence-electron chi connectivity index (χ2n) is 6.47. The Balaban J connectivity index is 1.84. The van der Waals surface area contributed by atoms with E-state index in [1.54, 1.807) is 0 Å². The van der Waals surface area contributed by atoms with Gasteiger partial charge in [-0.3, -0.25) is 9.78 Å². The summed E-state index contributed by atoms with van der Waals surface area (Å²) in [7, 11) is 0. The highest BCUT2D eigenvalue weighted by atomic mass is 32.2. The number of aromatic nitrogens is 1.